The molecule has 0 saturated heterocycles. The predicted octanol–water partition coefficient (Wildman–Crippen LogP) is 2.37. The van der Waals surface area contributed by atoms with Crippen molar-refractivity contribution in [1.82, 2.24) is 20.4 Å². The first kappa shape index (κ1) is 17.2. The van der Waals surface area contributed by atoms with E-state index >= 15 is 0 Å². The number of aromatic nitrogens is 3. The zero-order chi connectivity index (χ0) is 19.3. The van der Waals surface area contributed by atoms with Crippen LogP contribution in [0.1, 0.15) is 42.1 Å². The minimum absolute atomic E-state index is 0.182. The molecule has 2 aliphatic rings. The van der Waals surface area contributed by atoms with Crippen LogP contribution in [0.15, 0.2) is 33.6 Å². The fourth-order valence-electron chi connectivity index (χ4n) is 4.01. The molecule has 1 aromatic carbocycles. The van der Waals surface area contributed by atoms with Gasteiger partial charge in [-0.25, -0.2) is 0 Å². The van der Waals surface area contributed by atoms with E-state index in [-0.39, 0.29) is 11.2 Å². The quantitative estimate of drug-likeness (QED) is 0.727. The Kier molecular flexibility index (Phi) is 3.87. The van der Waals surface area contributed by atoms with Crippen molar-refractivity contribution in [1.29, 1.82) is 0 Å². The molecule has 5 rings (SSSR count). The Bertz CT molecular complexity index is 1110. The van der Waals surface area contributed by atoms with Crippen molar-refractivity contribution in [2.45, 2.75) is 45.3 Å². The van der Waals surface area contributed by atoms with Gasteiger partial charge in [0.2, 0.25) is 11.7 Å². The summed E-state index contributed by atoms with van der Waals surface area (Å²) < 4.78 is 11.6. The van der Waals surface area contributed by atoms with Crippen molar-refractivity contribution >= 4 is 0 Å². The molecule has 7 nitrogen and oxygen atoms in total. The van der Waals surface area contributed by atoms with E-state index in [0.29, 0.717) is 23.7 Å². The van der Waals surface area contributed by atoms with E-state index in [0.717, 1.165) is 48.5 Å². The molecule has 0 spiro atoms. The fourth-order valence-corrected chi connectivity index (χ4v) is 4.01. The number of hydrogen-bond acceptors (Lipinski definition) is 6. The zero-order valence-corrected chi connectivity index (χ0v) is 16.0. The molecule has 0 saturated carbocycles. The highest BCUT2D eigenvalue weighted by atomic mass is 16.5. The molecule has 0 unspecified atom stereocenters. The molecule has 28 heavy (non-hydrogen) atoms. The van der Waals surface area contributed by atoms with Gasteiger partial charge in [-0.15, -0.1) is 0 Å². The highest BCUT2D eigenvalue weighted by molar-refractivity contribution is 5.55. The van der Waals surface area contributed by atoms with Crippen LogP contribution < -0.4 is 15.6 Å². The summed E-state index contributed by atoms with van der Waals surface area (Å²) in [7, 11) is 0. The Labute approximate surface area is 162 Å². The number of H-pyrrole nitrogens is 1. The van der Waals surface area contributed by atoms with Crippen LogP contribution in [0.2, 0.25) is 0 Å². The number of nitrogens with zero attached hydrogens (tertiary/aromatic N) is 2. The normalized spacial score (nSPS) is 17.1. The molecular weight excluding hydrogens is 356 g/mol. The van der Waals surface area contributed by atoms with E-state index in [1.807, 2.05) is 18.2 Å². The van der Waals surface area contributed by atoms with E-state index in [1.165, 1.54) is 5.56 Å². The van der Waals surface area contributed by atoms with Crippen molar-refractivity contribution < 1.29 is 9.26 Å². The number of pyridine rings is 1. The Morgan fingerprint density at radius 3 is 3.04 bits per heavy atom. The van der Waals surface area contributed by atoms with E-state index in [4.69, 9.17) is 9.26 Å². The molecule has 144 valence electrons. The maximum atomic E-state index is 12.5. The van der Waals surface area contributed by atoms with Crippen LogP contribution in [0.25, 0.3) is 11.4 Å². The number of para-hydroxylation sites is 1. The first-order chi connectivity index (χ1) is 13.5. The number of ether oxygens (including phenoxy) is 1. The highest BCUT2D eigenvalue weighted by Gasteiger charge is 2.32. The molecule has 4 heterocycles. The molecule has 0 fully saturated rings. The van der Waals surface area contributed by atoms with Gasteiger partial charge >= 0.3 is 0 Å². The summed E-state index contributed by atoms with van der Waals surface area (Å²) in [4.78, 5) is 19.9. The Morgan fingerprint density at radius 2 is 2.14 bits per heavy atom. The average Bonchev–Trinajstić information content (AvgIpc) is 3.24. The third kappa shape index (κ3) is 3.01. The Morgan fingerprint density at radius 1 is 1.25 bits per heavy atom. The highest BCUT2D eigenvalue weighted by Crippen LogP contribution is 2.38. The van der Waals surface area contributed by atoms with Gasteiger partial charge in [0, 0.05) is 37.2 Å². The molecule has 2 aromatic heterocycles. The summed E-state index contributed by atoms with van der Waals surface area (Å²) in [5.41, 5.74) is 4.32. The van der Waals surface area contributed by atoms with Crippen molar-refractivity contribution in [3.63, 3.8) is 0 Å². The SMILES string of the molecule is CC1(C)Cc2cccc(Cc3nc(-c4cc5c([nH]c4=O)CCNC5)no3)c2O1. The second kappa shape index (κ2) is 6.31. The van der Waals surface area contributed by atoms with Gasteiger partial charge in [-0.1, -0.05) is 23.4 Å². The predicted molar refractivity (Wildman–Crippen MR) is 103 cm³/mol. The molecule has 0 aliphatic carbocycles. The second-order valence-electron chi connectivity index (χ2n) is 8.08. The molecule has 0 radical (unpaired) electrons. The monoisotopic (exact) mass is 378 g/mol. The maximum absolute atomic E-state index is 12.5. The molecular formula is C21H22N4O3. The molecule has 7 heteroatoms. The summed E-state index contributed by atoms with van der Waals surface area (Å²) in [6, 6.07) is 7.99. The lowest BCUT2D eigenvalue weighted by atomic mass is 10.00. The number of benzene rings is 1. The van der Waals surface area contributed by atoms with Gasteiger partial charge in [0.05, 0.1) is 12.0 Å². The van der Waals surface area contributed by atoms with E-state index in [2.05, 4.69) is 40.4 Å². The van der Waals surface area contributed by atoms with Gasteiger partial charge in [-0.05, 0) is 31.0 Å². The summed E-state index contributed by atoms with van der Waals surface area (Å²) >= 11 is 0. The van der Waals surface area contributed by atoms with Crippen LogP contribution in [0.5, 0.6) is 5.75 Å². The summed E-state index contributed by atoms with van der Waals surface area (Å²) in [5.74, 6) is 1.69. The van der Waals surface area contributed by atoms with Gasteiger partial charge in [-0.2, -0.15) is 4.98 Å². The van der Waals surface area contributed by atoms with Gasteiger partial charge in [-0.3, -0.25) is 4.79 Å². The summed E-state index contributed by atoms with van der Waals surface area (Å²) in [6.45, 7) is 5.76. The summed E-state index contributed by atoms with van der Waals surface area (Å²) in [5, 5.41) is 7.35. The molecule has 2 N–H and O–H groups in total. The number of rotatable bonds is 3. The Hall–Kier alpha value is -2.93. The number of nitrogens with one attached hydrogen (secondary N) is 2. The largest absolute Gasteiger partial charge is 0.487 e. The minimum Gasteiger partial charge on any atom is -0.487 e. The number of aromatic amines is 1. The van der Waals surface area contributed by atoms with Gasteiger partial charge in [0.25, 0.3) is 5.56 Å². The van der Waals surface area contributed by atoms with Gasteiger partial charge in [0.1, 0.15) is 11.4 Å². The lowest BCUT2D eigenvalue weighted by Crippen LogP contribution is -2.27. The summed E-state index contributed by atoms with van der Waals surface area (Å²) in [6.07, 6.45) is 2.16. The lowest BCUT2D eigenvalue weighted by molar-refractivity contribution is 0.137. The standard InChI is InChI=1S/C21H22N4O3/c1-21(2)10-13-5-3-4-12(18(13)27-21)9-17-24-19(25-28-17)15-8-14-11-22-7-6-16(14)23-20(15)26/h3-5,8,22H,6-7,9-11H2,1-2H3,(H,23,26). The molecule has 3 aromatic rings. The Balaban J connectivity index is 1.45. The molecule has 2 aliphatic heterocycles. The van der Waals surface area contributed by atoms with Crippen LogP contribution in [-0.2, 0) is 25.8 Å². The first-order valence-corrected chi connectivity index (χ1v) is 9.57. The molecule has 0 amide bonds. The number of hydrogen-bond donors (Lipinski definition) is 2. The van der Waals surface area contributed by atoms with Crippen molar-refractivity contribution in [3.8, 4) is 17.1 Å². The number of fused-ring (bicyclic) bond motifs is 2. The van der Waals surface area contributed by atoms with Crippen molar-refractivity contribution in [2.75, 3.05) is 6.54 Å². The molecule has 0 bridgehead atoms. The topological polar surface area (TPSA) is 93.0 Å². The van der Waals surface area contributed by atoms with Crippen LogP contribution in [0.4, 0.5) is 0 Å². The lowest BCUT2D eigenvalue weighted by Gasteiger charge is -2.18. The van der Waals surface area contributed by atoms with Crippen LogP contribution >= 0.6 is 0 Å². The smallest absolute Gasteiger partial charge is 0.259 e. The van der Waals surface area contributed by atoms with Gasteiger partial charge in [0.15, 0.2) is 0 Å². The van der Waals surface area contributed by atoms with Crippen LogP contribution in [0.3, 0.4) is 0 Å². The third-order valence-electron chi connectivity index (χ3n) is 5.31. The minimum atomic E-state index is -0.205. The van der Waals surface area contributed by atoms with Gasteiger partial charge < -0.3 is 19.6 Å². The second-order valence-corrected chi connectivity index (χ2v) is 8.08. The fraction of sp³-hybridized carbons (Fsp3) is 0.381. The van der Waals surface area contributed by atoms with E-state index in [1.54, 1.807) is 0 Å². The van der Waals surface area contributed by atoms with E-state index in [9.17, 15) is 4.79 Å². The zero-order valence-electron chi connectivity index (χ0n) is 16.0. The van der Waals surface area contributed by atoms with Crippen molar-refractivity contribution in [3.05, 3.63) is 62.9 Å². The molecule has 0 atom stereocenters. The van der Waals surface area contributed by atoms with E-state index < -0.39 is 0 Å². The van der Waals surface area contributed by atoms with Crippen molar-refractivity contribution in [2.24, 2.45) is 0 Å². The first-order valence-electron chi connectivity index (χ1n) is 9.57. The van der Waals surface area contributed by atoms with Crippen LogP contribution in [-0.4, -0.2) is 27.3 Å². The average molecular weight is 378 g/mol. The maximum Gasteiger partial charge on any atom is 0.259 e. The van der Waals surface area contributed by atoms with Crippen LogP contribution in [0, 0.1) is 0 Å². The third-order valence-corrected chi connectivity index (χ3v) is 5.31.